The van der Waals surface area contributed by atoms with Crippen LogP contribution in [0.4, 0.5) is 5.69 Å². The van der Waals surface area contributed by atoms with Crippen LogP contribution in [0.1, 0.15) is 21.6 Å². The number of rotatable bonds is 7. The summed E-state index contributed by atoms with van der Waals surface area (Å²) in [6.07, 6.45) is 3.33. The van der Waals surface area contributed by atoms with Crippen LogP contribution in [-0.4, -0.2) is 56.5 Å². The molecule has 4 rings (SSSR count). The molecule has 13 nitrogen and oxygen atoms in total. The molecule has 0 fully saturated rings. The second-order valence-electron chi connectivity index (χ2n) is 7.96. The number of carbonyl (C=O) groups is 3. The van der Waals surface area contributed by atoms with Gasteiger partial charge in [-0.25, -0.2) is 14.3 Å². The van der Waals surface area contributed by atoms with Gasteiger partial charge in [-0.15, -0.1) is 0 Å². The molecular formula is C24H18N4O9S. The Morgan fingerprint density at radius 2 is 1.55 bits per heavy atom. The van der Waals surface area contributed by atoms with Crippen molar-refractivity contribution in [3.05, 3.63) is 93.4 Å². The molecule has 0 atom stereocenters. The molecule has 2 aromatic carbocycles. The predicted molar refractivity (Wildman–Crippen MR) is 134 cm³/mol. The Kier molecular flexibility index (Phi) is 6.68. The van der Waals surface area contributed by atoms with Crippen LogP contribution < -0.4 is 10.6 Å². The average Bonchev–Trinajstić information content (AvgIpc) is 3.36. The number of aryl methyl sites for hydroxylation is 1. The Morgan fingerprint density at radius 3 is 2.11 bits per heavy atom. The summed E-state index contributed by atoms with van der Waals surface area (Å²) in [6, 6.07) is 11.0. The molecule has 0 saturated heterocycles. The molecule has 0 unspecified atom stereocenters. The second kappa shape index (κ2) is 9.76. The molecule has 0 bridgehead atoms. The van der Waals surface area contributed by atoms with Crippen molar-refractivity contribution >= 4 is 45.4 Å². The van der Waals surface area contributed by atoms with Crippen LogP contribution in [0, 0.1) is 6.92 Å². The number of carbonyl (C=O) groups excluding carboxylic acids is 1. The lowest BCUT2D eigenvalue weighted by Crippen LogP contribution is -2.22. The summed E-state index contributed by atoms with van der Waals surface area (Å²) in [5.74, 6) is -3.83. The van der Waals surface area contributed by atoms with Gasteiger partial charge in [0.1, 0.15) is 0 Å². The van der Waals surface area contributed by atoms with E-state index < -0.39 is 49.8 Å². The van der Waals surface area contributed by atoms with Crippen LogP contribution in [-0.2, 0) is 19.7 Å². The van der Waals surface area contributed by atoms with Gasteiger partial charge in [0.2, 0.25) is 0 Å². The Hall–Kier alpha value is -5.08. The van der Waals surface area contributed by atoms with Crippen molar-refractivity contribution < 1.29 is 37.6 Å². The fourth-order valence-electron chi connectivity index (χ4n) is 3.54. The van der Waals surface area contributed by atoms with E-state index in [1.807, 2.05) is 6.92 Å². The minimum absolute atomic E-state index is 0.0216. The third kappa shape index (κ3) is 4.93. The molecule has 0 aliphatic carbocycles. The highest BCUT2D eigenvalue weighted by Gasteiger charge is 2.35. The molecule has 1 aliphatic rings. The SMILES string of the molecule is Cc1ccc(-n2[nH]c(C(=O)O)c(/C=C/C=C3C(=O)N(c4ccc(S(=O)(=O)O)cc4)N=C3C(=O)O)c2=O)cc1. The Balaban J connectivity index is 1.69. The van der Waals surface area contributed by atoms with Gasteiger partial charge in [-0.3, -0.25) is 19.2 Å². The van der Waals surface area contributed by atoms with E-state index in [-0.39, 0.29) is 16.8 Å². The van der Waals surface area contributed by atoms with Crippen LogP contribution in [0.15, 0.2) is 81.0 Å². The summed E-state index contributed by atoms with van der Waals surface area (Å²) in [5.41, 5.74) is -1.02. The summed E-state index contributed by atoms with van der Waals surface area (Å²) in [5, 5.41) is 26.1. The first-order valence-corrected chi connectivity index (χ1v) is 12.1. The van der Waals surface area contributed by atoms with Crippen LogP contribution >= 0.6 is 0 Å². The zero-order valence-corrected chi connectivity index (χ0v) is 20.2. The van der Waals surface area contributed by atoms with Crippen LogP contribution in [0.3, 0.4) is 0 Å². The molecule has 0 radical (unpaired) electrons. The number of H-pyrrole nitrogens is 1. The van der Waals surface area contributed by atoms with E-state index in [2.05, 4.69) is 10.2 Å². The van der Waals surface area contributed by atoms with Gasteiger partial charge in [0.15, 0.2) is 11.4 Å². The lowest BCUT2D eigenvalue weighted by molar-refractivity contribution is -0.129. The van der Waals surface area contributed by atoms with Gasteiger partial charge >= 0.3 is 11.9 Å². The lowest BCUT2D eigenvalue weighted by atomic mass is 10.1. The maximum Gasteiger partial charge on any atom is 0.357 e. The molecule has 1 aromatic heterocycles. The third-order valence-corrected chi connectivity index (χ3v) is 6.29. The highest BCUT2D eigenvalue weighted by atomic mass is 32.2. The summed E-state index contributed by atoms with van der Waals surface area (Å²) < 4.78 is 32.6. The Labute approximate surface area is 214 Å². The molecule has 38 heavy (non-hydrogen) atoms. The summed E-state index contributed by atoms with van der Waals surface area (Å²) in [6.45, 7) is 1.85. The van der Waals surface area contributed by atoms with Crippen molar-refractivity contribution in [2.24, 2.45) is 5.10 Å². The number of aromatic carboxylic acids is 1. The fraction of sp³-hybridized carbons (Fsp3) is 0.0417. The monoisotopic (exact) mass is 538 g/mol. The number of allylic oxidation sites excluding steroid dienone is 2. The van der Waals surface area contributed by atoms with E-state index in [4.69, 9.17) is 4.55 Å². The lowest BCUT2D eigenvalue weighted by Gasteiger charge is -2.11. The van der Waals surface area contributed by atoms with Gasteiger partial charge in [-0.2, -0.15) is 18.5 Å². The first kappa shape index (κ1) is 26.0. The van der Waals surface area contributed by atoms with Crippen molar-refractivity contribution in [2.75, 3.05) is 5.01 Å². The Morgan fingerprint density at radius 1 is 0.947 bits per heavy atom. The average molecular weight is 538 g/mol. The minimum Gasteiger partial charge on any atom is -0.477 e. The van der Waals surface area contributed by atoms with Crippen molar-refractivity contribution in [2.45, 2.75) is 11.8 Å². The maximum atomic E-state index is 12.9. The van der Waals surface area contributed by atoms with Crippen LogP contribution in [0.2, 0.25) is 0 Å². The number of nitrogens with zero attached hydrogens (tertiary/aromatic N) is 3. The number of nitrogens with one attached hydrogen (secondary N) is 1. The summed E-state index contributed by atoms with van der Waals surface area (Å²) >= 11 is 0. The van der Waals surface area contributed by atoms with E-state index >= 15 is 0 Å². The number of aromatic nitrogens is 2. The zero-order valence-electron chi connectivity index (χ0n) is 19.4. The molecule has 0 spiro atoms. The van der Waals surface area contributed by atoms with Gasteiger partial charge in [-0.1, -0.05) is 23.8 Å². The zero-order chi connectivity index (χ0) is 27.8. The smallest absolute Gasteiger partial charge is 0.357 e. The van der Waals surface area contributed by atoms with Crippen LogP contribution in [0.5, 0.6) is 0 Å². The topological polar surface area (TPSA) is 199 Å². The van der Waals surface area contributed by atoms with Gasteiger partial charge in [0, 0.05) is 0 Å². The number of hydrazone groups is 1. The number of hydrogen-bond donors (Lipinski definition) is 4. The number of carboxylic acid groups (broad SMARTS) is 2. The molecule has 14 heteroatoms. The van der Waals surface area contributed by atoms with E-state index in [1.54, 1.807) is 24.3 Å². The fourth-order valence-corrected chi connectivity index (χ4v) is 4.02. The Bertz CT molecular complexity index is 1730. The number of amides is 1. The number of hydrogen-bond acceptors (Lipinski definition) is 7. The van der Waals surface area contributed by atoms with Gasteiger partial charge in [-0.05, 0) is 55.5 Å². The molecule has 3 aromatic rings. The molecule has 4 N–H and O–H groups in total. The van der Waals surface area contributed by atoms with Gasteiger partial charge in [0.25, 0.3) is 21.6 Å². The number of benzene rings is 2. The van der Waals surface area contributed by atoms with Crippen molar-refractivity contribution in [3.63, 3.8) is 0 Å². The quantitative estimate of drug-likeness (QED) is 0.256. The first-order chi connectivity index (χ1) is 17.9. The van der Waals surface area contributed by atoms with Crippen molar-refractivity contribution in [1.82, 2.24) is 9.78 Å². The van der Waals surface area contributed by atoms with E-state index in [0.29, 0.717) is 5.69 Å². The van der Waals surface area contributed by atoms with E-state index in [0.717, 1.165) is 57.7 Å². The minimum atomic E-state index is -4.49. The van der Waals surface area contributed by atoms with E-state index in [9.17, 15) is 37.8 Å². The van der Waals surface area contributed by atoms with Gasteiger partial charge in [0.05, 0.1) is 27.4 Å². The number of anilines is 1. The first-order valence-electron chi connectivity index (χ1n) is 10.7. The maximum absolute atomic E-state index is 12.9. The highest BCUT2D eigenvalue weighted by molar-refractivity contribution is 7.85. The highest BCUT2D eigenvalue weighted by Crippen LogP contribution is 2.25. The predicted octanol–water partition coefficient (Wildman–Crippen LogP) is 1.85. The molecular weight excluding hydrogens is 520 g/mol. The summed E-state index contributed by atoms with van der Waals surface area (Å²) in [4.78, 5) is 48.8. The molecule has 194 valence electrons. The number of aromatic amines is 1. The van der Waals surface area contributed by atoms with Crippen LogP contribution in [0.25, 0.3) is 11.8 Å². The van der Waals surface area contributed by atoms with Crippen molar-refractivity contribution in [1.29, 1.82) is 0 Å². The van der Waals surface area contributed by atoms with Gasteiger partial charge < -0.3 is 10.2 Å². The normalized spacial score (nSPS) is 14.9. The third-order valence-electron chi connectivity index (χ3n) is 5.42. The van der Waals surface area contributed by atoms with Crippen molar-refractivity contribution in [3.8, 4) is 5.69 Å². The summed E-state index contributed by atoms with van der Waals surface area (Å²) in [7, 11) is -4.49. The van der Waals surface area contributed by atoms with E-state index in [1.165, 1.54) is 0 Å². The standard InChI is InChI=1S/C24H18N4O9S/c1-13-5-7-14(8-6-13)27-21(29)17(19(25-27)23(31)32)3-2-4-18-20(24(33)34)26-28(22(18)30)15-9-11-16(12-10-15)38(35,36)37/h2-12,25H,1H3,(H,31,32)(H,33,34)(H,35,36,37)/b3-2+,18-4?. The number of aliphatic carboxylic acids is 1. The second-order valence-corrected chi connectivity index (χ2v) is 9.38. The molecule has 1 aliphatic heterocycles. The largest absolute Gasteiger partial charge is 0.477 e. The number of carboxylic acids is 2. The molecule has 0 saturated carbocycles. The molecule has 1 amide bonds. The molecule has 2 heterocycles.